The Morgan fingerprint density at radius 3 is 2.42 bits per heavy atom. The highest BCUT2D eigenvalue weighted by Gasteiger charge is 2.47. The van der Waals surface area contributed by atoms with Crippen molar-refractivity contribution in [1.82, 2.24) is 4.90 Å². The van der Waals surface area contributed by atoms with Crippen molar-refractivity contribution in [3.63, 3.8) is 0 Å². The van der Waals surface area contributed by atoms with E-state index >= 15 is 0 Å². The molecular weight excluding hydrogens is 164 g/mol. The monoisotopic (exact) mass is 179 g/mol. The lowest BCUT2D eigenvalue weighted by Gasteiger charge is -2.14. The maximum absolute atomic E-state index is 12.9. The average molecular weight is 179 g/mol. The molecule has 12 heavy (non-hydrogen) atoms. The van der Waals surface area contributed by atoms with Crippen LogP contribution in [0.2, 0.25) is 0 Å². The van der Waals surface area contributed by atoms with Crippen LogP contribution in [-0.4, -0.2) is 43.7 Å². The summed E-state index contributed by atoms with van der Waals surface area (Å²) in [4.78, 5) is 1.86. The summed E-state index contributed by atoms with van der Waals surface area (Å²) in [6.45, 7) is 2.00. The zero-order valence-corrected chi connectivity index (χ0v) is 7.68. The van der Waals surface area contributed by atoms with Crippen molar-refractivity contribution in [3.05, 3.63) is 0 Å². The number of likely N-dealkylation sites (N-methyl/N-ethyl adjacent to an activating group) is 1. The van der Waals surface area contributed by atoms with Crippen LogP contribution >= 0.6 is 0 Å². The van der Waals surface area contributed by atoms with E-state index in [0.29, 0.717) is 6.54 Å². The van der Waals surface area contributed by atoms with E-state index in [0.717, 1.165) is 0 Å². The van der Waals surface area contributed by atoms with Crippen LogP contribution in [0.5, 0.6) is 0 Å². The standard InChI is InChI=1S/C8H15F2NO/c1-6-8(9,10)4-7(12-6)5-11(2)3/h6-7H,4-5H2,1-3H3/t6-,7+/m0/s1. The second-order valence-electron chi connectivity index (χ2n) is 3.63. The summed E-state index contributed by atoms with van der Waals surface area (Å²) in [5, 5.41) is 0. The number of nitrogens with zero attached hydrogens (tertiary/aromatic N) is 1. The number of hydrogen-bond donors (Lipinski definition) is 0. The van der Waals surface area contributed by atoms with Crippen LogP contribution in [0.3, 0.4) is 0 Å². The number of ether oxygens (including phenoxy) is 1. The van der Waals surface area contributed by atoms with Crippen molar-refractivity contribution in [2.45, 2.75) is 31.5 Å². The van der Waals surface area contributed by atoms with Gasteiger partial charge in [0, 0.05) is 13.0 Å². The topological polar surface area (TPSA) is 12.5 Å². The first-order valence-corrected chi connectivity index (χ1v) is 4.10. The van der Waals surface area contributed by atoms with Crippen molar-refractivity contribution in [3.8, 4) is 0 Å². The van der Waals surface area contributed by atoms with Gasteiger partial charge in [-0.15, -0.1) is 0 Å². The molecule has 1 heterocycles. The molecule has 0 radical (unpaired) electrons. The fraction of sp³-hybridized carbons (Fsp3) is 1.00. The Bertz CT molecular complexity index is 161. The maximum Gasteiger partial charge on any atom is 0.275 e. The molecule has 4 heteroatoms. The average Bonchev–Trinajstić information content (AvgIpc) is 2.04. The molecule has 2 nitrogen and oxygen atoms in total. The Hall–Kier alpha value is -0.220. The van der Waals surface area contributed by atoms with Gasteiger partial charge >= 0.3 is 0 Å². The van der Waals surface area contributed by atoms with E-state index < -0.39 is 12.0 Å². The molecule has 0 N–H and O–H groups in total. The zero-order valence-electron chi connectivity index (χ0n) is 7.68. The van der Waals surface area contributed by atoms with Crippen LogP contribution in [0.1, 0.15) is 13.3 Å². The predicted molar refractivity (Wildman–Crippen MR) is 42.5 cm³/mol. The minimum atomic E-state index is -2.64. The first kappa shape index (κ1) is 9.86. The molecule has 1 saturated heterocycles. The number of rotatable bonds is 2. The van der Waals surface area contributed by atoms with Gasteiger partial charge in [0.05, 0.1) is 6.10 Å². The largest absolute Gasteiger partial charge is 0.367 e. The number of alkyl halides is 2. The second-order valence-corrected chi connectivity index (χ2v) is 3.63. The van der Waals surface area contributed by atoms with Crippen LogP contribution in [-0.2, 0) is 4.74 Å². The first-order valence-electron chi connectivity index (χ1n) is 4.10. The molecule has 0 aromatic heterocycles. The van der Waals surface area contributed by atoms with E-state index in [-0.39, 0.29) is 12.5 Å². The summed E-state index contributed by atoms with van der Waals surface area (Å²) >= 11 is 0. The molecular formula is C8H15F2NO. The predicted octanol–water partition coefficient (Wildman–Crippen LogP) is 1.36. The molecule has 0 aromatic rings. The third-order valence-corrected chi connectivity index (χ3v) is 2.06. The summed E-state index contributed by atoms with van der Waals surface area (Å²) in [6.07, 6.45) is -1.39. The van der Waals surface area contributed by atoms with Gasteiger partial charge in [-0.3, -0.25) is 0 Å². The maximum atomic E-state index is 12.9. The molecule has 0 spiro atoms. The van der Waals surface area contributed by atoms with Crippen molar-refractivity contribution in [1.29, 1.82) is 0 Å². The van der Waals surface area contributed by atoms with Crippen molar-refractivity contribution in [2.24, 2.45) is 0 Å². The summed E-state index contributed by atoms with van der Waals surface area (Å²) in [5.41, 5.74) is 0. The number of hydrogen-bond acceptors (Lipinski definition) is 2. The molecule has 1 rings (SSSR count). The Kier molecular flexibility index (Phi) is 2.68. The third kappa shape index (κ3) is 2.14. The van der Waals surface area contributed by atoms with Crippen molar-refractivity contribution >= 4 is 0 Å². The lowest BCUT2D eigenvalue weighted by molar-refractivity contribution is -0.0655. The van der Waals surface area contributed by atoms with Gasteiger partial charge in [0.2, 0.25) is 0 Å². The zero-order chi connectivity index (χ0) is 9.35. The highest BCUT2D eigenvalue weighted by molar-refractivity contribution is 4.87. The summed E-state index contributed by atoms with van der Waals surface area (Å²) < 4.78 is 30.9. The molecule has 0 aromatic carbocycles. The fourth-order valence-corrected chi connectivity index (χ4v) is 1.42. The van der Waals surface area contributed by atoms with Crippen molar-refractivity contribution in [2.75, 3.05) is 20.6 Å². The van der Waals surface area contributed by atoms with E-state index in [1.54, 1.807) is 0 Å². The van der Waals surface area contributed by atoms with Gasteiger partial charge < -0.3 is 9.64 Å². The Labute approximate surface area is 71.5 Å². The minimum Gasteiger partial charge on any atom is -0.367 e. The van der Waals surface area contributed by atoms with E-state index in [4.69, 9.17) is 4.74 Å². The first-order chi connectivity index (χ1) is 5.42. The van der Waals surface area contributed by atoms with E-state index in [1.807, 2.05) is 19.0 Å². The van der Waals surface area contributed by atoms with Crippen LogP contribution < -0.4 is 0 Å². The van der Waals surface area contributed by atoms with Gasteiger partial charge in [-0.05, 0) is 21.0 Å². The van der Waals surface area contributed by atoms with Gasteiger partial charge in [-0.25, -0.2) is 8.78 Å². The quantitative estimate of drug-likeness (QED) is 0.634. The van der Waals surface area contributed by atoms with Gasteiger partial charge in [0.25, 0.3) is 5.92 Å². The smallest absolute Gasteiger partial charge is 0.275 e. The molecule has 72 valence electrons. The molecule has 0 unspecified atom stereocenters. The highest BCUT2D eigenvalue weighted by atomic mass is 19.3. The van der Waals surface area contributed by atoms with Crippen LogP contribution in [0.15, 0.2) is 0 Å². The lowest BCUT2D eigenvalue weighted by atomic mass is 10.1. The summed E-state index contributed by atoms with van der Waals surface area (Å²) in [5.74, 6) is -2.64. The molecule has 1 fully saturated rings. The Morgan fingerprint density at radius 2 is 2.08 bits per heavy atom. The van der Waals surface area contributed by atoms with Crippen LogP contribution in [0.25, 0.3) is 0 Å². The third-order valence-electron chi connectivity index (χ3n) is 2.06. The highest BCUT2D eigenvalue weighted by Crippen LogP contribution is 2.35. The second kappa shape index (κ2) is 3.26. The fourth-order valence-electron chi connectivity index (χ4n) is 1.42. The summed E-state index contributed by atoms with van der Waals surface area (Å²) in [7, 11) is 3.70. The molecule has 0 saturated carbocycles. The molecule has 0 amide bonds. The van der Waals surface area contributed by atoms with Crippen molar-refractivity contribution < 1.29 is 13.5 Å². The minimum absolute atomic E-state index is 0.146. The number of halogens is 2. The van der Waals surface area contributed by atoms with Crippen LogP contribution in [0, 0.1) is 0 Å². The van der Waals surface area contributed by atoms with Gasteiger partial charge in [0.1, 0.15) is 6.10 Å². The van der Waals surface area contributed by atoms with Gasteiger partial charge in [-0.1, -0.05) is 0 Å². The molecule has 2 atom stereocenters. The van der Waals surface area contributed by atoms with Gasteiger partial charge in [0.15, 0.2) is 0 Å². The van der Waals surface area contributed by atoms with Gasteiger partial charge in [-0.2, -0.15) is 0 Å². The van der Waals surface area contributed by atoms with Crippen LogP contribution in [0.4, 0.5) is 8.78 Å². The molecule has 1 aliphatic rings. The van der Waals surface area contributed by atoms with E-state index in [2.05, 4.69) is 0 Å². The molecule has 0 aliphatic carbocycles. The SMILES string of the molecule is C[C@@H]1O[C@@H](CN(C)C)CC1(F)F. The van der Waals surface area contributed by atoms with E-state index in [9.17, 15) is 8.78 Å². The Morgan fingerprint density at radius 1 is 1.50 bits per heavy atom. The molecule has 0 bridgehead atoms. The molecule has 1 aliphatic heterocycles. The normalized spacial score (nSPS) is 34.5. The lowest BCUT2D eigenvalue weighted by Crippen LogP contribution is -2.26. The summed E-state index contributed by atoms with van der Waals surface area (Å²) in [6, 6.07) is 0. The van der Waals surface area contributed by atoms with E-state index in [1.165, 1.54) is 6.92 Å². The Balaban J connectivity index is 2.44.